The van der Waals surface area contributed by atoms with E-state index in [1.54, 1.807) is 6.07 Å². The number of benzene rings is 1. The topological polar surface area (TPSA) is 32.9 Å². The zero-order chi connectivity index (χ0) is 10.1. The standard InChI is InChI=1S/C11H10FNO/c1-2-8-9-5-7(12)3-4-10(9)13-11(8)6-14/h3-6,13H,2H2,1H3. The SMILES string of the molecule is CCc1c(C=O)[nH]c2ccc(F)cc12. The maximum absolute atomic E-state index is 13.0. The summed E-state index contributed by atoms with van der Waals surface area (Å²) in [4.78, 5) is 13.7. The third kappa shape index (κ3) is 1.21. The number of hydrogen-bond donors (Lipinski definition) is 1. The highest BCUT2D eigenvalue weighted by Gasteiger charge is 2.09. The second-order valence-electron chi connectivity index (χ2n) is 3.18. The van der Waals surface area contributed by atoms with Crippen LogP contribution in [0.2, 0.25) is 0 Å². The highest BCUT2D eigenvalue weighted by atomic mass is 19.1. The maximum Gasteiger partial charge on any atom is 0.166 e. The number of carbonyl (C=O) groups is 1. The predicted molar refractivity (Wildman–Crippen MR) is 53.0 cm³/mol. The molecule has 0 aliphatic rings. The molecule has 0 amide bonds. The predicted octanol–water partition coefficient (Wildman–Crippen LogP) is 2.68. The van der Waals surface area contributed by atoms with Gasteiger partial charge >= 0.3 is 0 Å². The van der Waals surface area contributed by atoms with Gasteiger partial charge in [-0.3, -0.25) is 4.79 Å². The number of rotatable bonds is 2. The van der Waals surface area contributed by atoms with Crippen LogP contribution >= 0.6 is 0 Å². The third-order valence-electron chi connectivity index (χ3n) is 2.37. The second-order valence-corrected chi connectivity index (χ2v) is 3.18. The molecule has 1 aromatic heterocycles. The smallest absolute Gasteiger partial charge is 0.166 e. The fourth-order valence-corrected chi connectivity index (χ4v) is 1.72. The van der Waals surface area contributed by atoms with E-state index < -0.39 is 0 Å². The monoisotopic (exact) mass is 191 g/mol. The summed E-state index contributed by atoms with van der Waals surface area (Å²) in [5.41, 5.74) is 2.24. The molecule has 0 atom stereocenters. The average molecular weight is 191 g/mol. The summed E-state index contributed by atoms with van der Waals surface area (Å²) < 4.78 is 13.0. The van der Waals surface area contributed by atoms with E-state index in [1.807, 2.05) is 6.92 Å². The molecule has 3 heteroatoms. The second kappa shape index (κ2) is 3.25. The van der Waals surface area contributed by atoms with Gasteiger partial charge in [0.2, 0.25) is 0 Å². The van der Waals surface area contributed by atoms with Crippen molar-refractivity contribution in [3.63, 3.8) is 0 Å². The molecular weight excluding hydrogens is 181 g/mol. The number of fused-ring (bicyclic) bond motifs is 1. The highest BCUT2D eigenvalue weighted by Crippen LogP contribution is 2.22. The molecule has 2 aromatic rings. The summed E-state index contributed by atoms with van der Waals surface area (Å²) in [5.74, 6) is -0.274. The Morgan fingerprint density at radius 2 is 2.29 bits per heavy atom. The Morgan fingerprint density at radius 1 is 1.50 bits per heavy atom. The van der Waals surface area contributed by atoms with Crippen molar-refractivity contribution in [2.45, 2.75) is 13.3 Å². The molecular formula is C11H10FNO. The molecule has 0 saturated carbocycles. The van der Waals surface area contributed by atoms with Crippen LogP contribution in [0, 0.1) is 5.82 Å². The van der Waals surface area contributed by atoms with Crippen molar-refractivity contribution >= 4 is 17.2 Å². The quantitative estimate of drug-likeness (QED) is 0.727. The molecule has 1 aromatic carbocycles. The molecule has 0 bridgehead atoms. The van der Waals surface area contributed by atoms with E-state index in [-0.39, 0.29) is 5.82 Å². The Kier molecular flexibility index (Phi) is 2.08. The fraction of sp³-hybridized carbons (Fsp3) is 0.182. The summed E-state index contributed by atoms with van der Waals surface area (Å²) in [6.45, 7) is 1.94. The lowest BCUT2D eigenvalue weighted by Crippen LogP contribution is -1.86. The summed E-state index contributed by atoms with van der Waals surface area (Å²) in [6, 6.07) is 4.49. The first kappa shape index (κ1) is 8.94. The zero-order valence-electron chi connectivity index (χ0n) is 7.80. The number of hydrogen-bond acceptors (Lipinski definition) is 1. The Bertz CT molecular complexity index is 487. The molecule has 0 fully saturated rings. The van der Waals surface area contributed by atoms with Crippen LogP contribution < -0.4 is 0 Å². The Morgan fingerprint density at radius 3 is 2.93 bits per heavy atom. The minimum Gasteiger partial charge on any atom is -0.352 e. The van der Waals surface area contributed by atoms with Crippen LogP contribution in [0.5, 0.6) is 0 Å². The lowest BCUT2D eigenvalue weighted by atomic mass is 10.1. The molecule has 0 spiro atoms. The molecule has 2 nitrogen and oxygen atoms in total. The molecule has 0 aliphatic heterocycles. The molecule has 72 valence electrons. The number of H-pyrrole nitrogens is 1. The van der Waals surface area contributed by atoms with Gasteiger partial charge in [0.25, 0.3) is 0 Å². The van der Waals surface area contributed by atoms with Crippen LogP contribution in [0.3, 0.4) is 0 Å². The molecule has 1 heterocycles. The first-order chi connectivity index (χ1) is 6.76. The third-order valence-corrected chi connectivity index (χ3v) is 2.37. The van der Waals surface area contributed by atoms with Crippen molar-refractivity contribution in [1.29, 1.82) is 0 Å². The van der Waals surface area contributed by atoms with Gasteiger partial charge in [-0.15, -0.1) is 0 Å². The van der Waals surface area contributed by atoms with Crippen LogP contribution in [0.25, 0.3) is 10.9 Å². The van der Waals surface area contributed by atoms with Gasteiger partial charge in [0.05, 0.1) is 5.69 Å². The number of nitrogens with one attached hydrogen (secondary N) is 1. The van der Waals surface area contributed by atoms with Crippen molar-refractivity contribution in [3.05, 3.63) is 35.3 Å². The number of aryl methyl sites for hydroxylation is 1. The molecule has 0 radical (unpaired) electrons. The number of aromatic nitrogens is 1. The molecule has 0 aliphatic carbocycles. The van der Waals surface area contributed by atoms with Crippen LogP contribution in [0.4, 0.5) is 4.39 Å². The maximum atomic E-state index is 13.0. The first-order valence-corrected chi connectivity index (χ1v) is 4.51. The van der Waals surface area contributed by atoms with Gasteiger partial charge in [0.15, 0.2) is 6.29 Å². The summed E-state index contributed by atoms with van der Waals surface area (Å²) in [7, 11) is 0. The zero-order valence-corrected chi connectivity index (χ0v) is 7.80. The summed E-state index contributed by atoms with van der Waals surface area (Å²) >= 11 is 0. The van der Waals surface area contributed by atoms with Crippen LogP contribution in [0.1, 0.15) is 23.0 Å². The van der Waals surface area contributed by atoms with Crippen molar-refractivity contribution in [2.75, 3.05) is 0 Å². The normalized spacial score (nSPS) is 10.7. The van der Waals surface area contributed by atoms with E-state index in [2.05, 4.69) is 4.98 Å². The van der Waals surface area contributed by atoms with Gasteiger partial charge in [-0.1, -0.05) is 6.92 Å². The lowest BCUT2D eigenvalue weighted by Gasteiger charge is -1.94. The fourth-order valence-electron chi connectivity index (χ4n) is 1.72. The van der Waals surface area contributed by atoms with E-state index in [4.69, 9.17) is 0 Å². The van der Waals surface area contributed by atoms with Crippen LogP contribution in [-0.4, -0.2) is 11.3 Å². The van der Waals surface area contributed by atoms with Gasteiger partial charge < -0.3 is 4.98 Å². The molecule has 2 rings (SSSR count). The molecule has 0 unspecified atom stereocenters. The van der Waals surface area contributed by atoms with E-state index >= 15 is 0 Å². The van der Waals surface area contributed by atoms with E-state index in [9.17, 15) is 9.18 Å². The summed E-state index contributed by atoms with van der Waals surface area (Å²) in [6.07, 6.45) is 1.49. The molecule has 1 N–H and O–H groups in total. The number of halogens is 1. The molecule has 14 heavy (non-hydrogen) atoms. The highest BCUT2D eigenvalue weighted by molar-refractivity contribution is 5.92. The van der Waals surface area contributed by atoms with E-state index in [1.165, 1.54) is 12.1 Å². The van der Waals surface area contributed by atoms with Gasteiger partial charge in [-0.05, 0) is 30.2 Å². The van der Waals surface area contributed by atoms with Crippen molar-refractivity contribution < 1.29 is 9.18 Å². The number of aromatic amines is 1. The largest absolute Gasteiger partial charge is 0.352 e. The number of aldehydes is 1. The summed E-state index contributed by atoms with van der Waals surface area (Å²) in [5, 5.41) is 0.801. The van der Waals surface area contributed by atoms with Crippen molar-refractivity contribution in [2.24, 2.45) is 0 Å². The van der Waals surface area contributed by atoms with E-state index in [0.29, 0.717) is 5.69 Å². The van der Waals surface area contributed by atoms with Gasteiger partial charge in [-0.2, -0.15) is 0 Å². The molecule has 0 saturated heterocycles. The van der Waals surface area contributed by atoms with Crippen LogP contribution in [-0.2, 0) is 6.42 Å². The van der Waals surface area contributed by atoms with Gasteiger partial charge in [0.1, 0.15) is 5.82 Å². The van der Waals surface area contributed by atoms with Gasteiger partial charge in [0, 0.05) is 10.9 Å². The number of carbonyl (C=O) groups excluding carboxylic acids is 1. The Balaban J connectivity index is 2.81. The average Bonchev–Trinajstić information content (AvgIpc) is 2.54. The van der Waals surface area contributed by atoms with Crippen molar-refractivity contribution in [3.8, 4) is 0 Å². The minimum atomic E-state index is -0.274. The Labute approximate surface area is 80.7 Å². The lowest BCUT2D eigenvalue weighted by molar-refractivity contribution is 0.111. The minimum absolute atomic E-state index is 0.274. The van der Waals surface area contributed by atoms with Crippen LogP contribution in [0.15, 0.2) is 18.2 Å². The van der Waals surface area contributed by atoms with Crippen molar-refractivity contribution in [1.82, 2.24) is 4.98 Å². The van der Waals surface area contributed by atoms with E-state index in [0.717, 1.165) is 29.2 Å². The van der Waals surface area contributed by atoms with Gasteiger partial charge in [-0.25, -0.2) is 4.39 Å². The Hall–Kier alpha value is -1.64. The first-order valence-electron chi connectivity index (χ1n) is 4.51.